The lowest BCUT2D eigenvalue weighted by atomic mass is 9.94. The van der Waals surface area contributed by atoms with Crippen LogP contribution in [0.1, 0.15) is 21.5 Å². The molecule has 110 valence electrons. The number of hydrogen-bond acceptors (Lipinski definition) is 3. The number of carboxylic acid groups (broad SMARTS) is 1. The molecule has 2 rings (SSSR count). The van der Waals surface area contributed by atoms with Gasteiger partial charge >= 0.3 is 5.97 Å². The topological polar surface area (TPSA) is 55.8 Å². The van der Waals surface area contributed by atoms with Crippen LogP contribution in [0.25, 0.3) is 11.1 Å². The molecule has 0 spiro atoms. The zero-order valence-electron chi connectivity index (χ0n) is 12.6. The molecule has 0 saturated heterocycles. The van der Waals surface area contributed by atoms with Crippen molar-refractivity contribution in [2.24, 2.45) is 0 Å². The summed E-state index contributed by atoms with van der Waals surface area (Å²) in [6.07, 6.45) is 0. The second-order valence-electron chi connectivity index (χ2n) is 4.83. The number of benzene rings is 2. The molecule has 0 aliphatic heterocycles. The quantitative estimate of drug-likeness (QED) is 0.931. The molecular formula is C17H18O4. The smallest absolute Gasteiger partial charge is 0.335 e. The van der Waals surface area contributed by atoms with Crippen molar-refractivity contribution in [3.05, 3.63) is 47.0 Å². The summed E-state index contributed by atoms with van der Waals surface area (Å²) in [7, 11) is 3.15. The lowest BCUT2D eigenvalue weighted by Crippen LogP contribution is -2.02. The number of rotatable bonds is 4. The molecule has 4 nitrogen and oxygen atoms in total. The predicted molar refractivity (Wildman–Crippen MR) is 81.4 cm³/mol. The standard InChI is InChI=1S/C17H18O4/c1-10-8-11(2)14(17(18)19)9-13(10)12-6-5-7-15(20-3)16(12)21-4/h5-9H,1-4H3,(H,18,19). The van der Waals surface area contributed by atoms with Crippen molar-refractivity contribution in [3.63, 3.8) is 0 Å². The summed E-state index contributed by atoms with van der Waals surface area (Å²) in [5.41, 5.74) is 3.67. The number of carboxylic acids is 1. The molecule has 0 aliphatic carbocycles. The van der Waals surface area contributed by atoms with E-state index in [9.17, 15) is 9.90 Å². The van der Waals surface area contributed by atoms with Gasteiger partial charge in [0.05, 0.1) is 19.8 Å². The van der Waals surface area contributed by atoms with Gasteiger partial charge in [0.2, 0.25) is 0 Å². The zero-order chi connectivity index (χ0) is 15.6. The molecule has 4 heteroatoms. The average molecular weight is 286 g/mol. The average Bonchev–Trinajstić information content (AvgIpc) is 2.46. The summed E-state index contributed by atoms with van der Waals surface area (Å²) in [5.74, 6) is 0.283. The number of aryl methyl sites for hydroxylation is 2. The SMILES string of the molecule is COc1cccc(-c2cc(C(=O)O)c(C)cc2C)c1OC. The van der Waals surface area contributed by atoms with Crippen LogP contribution in [0.4, 0.5) is 0 Å². The van der Waals surface area contributed by atoms with Gasteiger partial charge in [0, 0.05) is 5.56 Å². The molecule has 0 fully saturated rings. The Morgan fingerprint density at radius 1 is 1.00 bits per heavy atom. The maximum atomic E-state index is 11.3. The summed E-state index contributed by atoms with van der Waals surface area (Å²) in [4.78, 5) is 11.3. The second kappa shape index (κ2) is 5.87. The molecule has 0 aliphatic rings. The third-order valence-corrected chi connectivity index (χ3v) is 3.49. The second-order valence-corrected chi connectivity index (χ2v) is 4.83. The predicted octanol–water partition coefficient (Wildman–Crippen LogP) is 3.69. The van der Waals surface area contributed by atoms with Gasteiger partial charge in [0.15, 0.2) is 11.5 Å². The molecule has 21 heavy (non-hydrogen) atoms. The Kier molecular flexibility index (Phi) is 4.17. The summed E-state index contributed by atoms with van der Waals surface area (Å²) >= 11 is 0. The lowest BCUT2D eigenvalue weighted by Gasteiger charge is -2.15. The van der Waals surface area contributed by atoms with E-state index in [1.54, 1.807) is 27.2 Å². The maximum Gasteiger partial charge on any atom is 0.335 e. The first-order chi connectivity index (χ1) is 9.99. The Hall–Kier alpha value is -2.49. The molecule has 0 radical (unpaired) electrons. The van der Waals surface area contributed by atoms with E-state index in [0.29, 0.717) is 17.1 Å². The van der Waals surface area contributed by atoms with Crippen LogP contribution in [0, 0.1) is 13.8 Å². The van der Waals surface area contributed by atoms with Gasteiger partial charge < -0.3 is 14.6 Å². The highest BCUT2D eigenvalue weighted by molar-refractivity contribution is 5.92. The van der Waals surface area contributed by atoms with E-state index in [1.807, 2.05) is 31.2 Å². The normalized spacial score (nSPS) is 10.3. The van der Waals surface area contributed by atoms with Gasteiger partial charge in [-0.1, -0.05) is 18.2 Å². The highest BCUT2D eigenvalue weighted by atomic mass is 16.5. The third-order valence-electron chi connectivity index (χ3n) is 3.49. The maximum absolute atomic E-state index is 11.3. The lowest BCUT2D eigenvalue weighted by molar-refractivity contribution is 0.0696. The monoisotopic (exact) mass is 286 g/mol. The van der Waals surface area contributed by atoms with Crippen LogP contribution >= 0.6 is 0 Å². The van der Waals surface area contributed by atoms with Crippen molar-refractivity contribution in [1.82, 2.24) is 0 Å². The van der Waals surface area contributed by atoms with Crippen LogP contribution in [0.2, 0.25) is 0 Å². The van der Waals surface area contributed by atoms with Gasteiger partial charge in [-0.25, -0.2) is 4.79 Å². The molecule has 1 N–H and O–H groups in total. The van der Waals surface area contributed by atoms with Crippen molar-refractivity contribution in [1.29, 1.82) is 0 Å². The van der Waals surface area contributed by atoms with Gasteiger partial charge in [-0.05, 0) is 42.7 Å². The minimum Gasteiger partial charge on any atom is -0.493 e. The molecule has 0 amide bonds. The Morgan fingerprint density at radius 3 is 2.29 bits per heavy atom. The van der Waals surface area contributed by atoms with Crippen molar-refractivity contribution < 1.29 is 19.4 Å². The first kappa shape index (κ1) is 14.9. The first-order valence-corrected chi connectivity index (χ1v) is 6.55. The molecule has 0 bridgehead atoms. The number of aromatic carboxylic acids is 1. The van der Waals surface area contributed by atoms with E-state index in [0.717, 1.165) is 22.3 Å². The molecule has 0 unspecified atom stereocenters. The van der Waals surface area contributed by atoms with Gasteiger partial charge in [-0.2, -0.15) is 0 Å². The number of ether oxygens (including phenoxy) is 2. The number of carbonyl (C=O) groups is 1. The number of methoxy groups -OCH3 is 2. The summed E-state index contributed by atoms with van der Waals surface area (Å²) in [5, 5.41) is 9.30. The fraction of sp³-hybridized carbons (Fsp3) is 0.235. The fourth-order valence-corrected chi connectivity index (χ4v) is 2.47. The van der Waals surface area contributed by atoms with E-state index in [1.165, 1.54) is 0 Å². The van der Waals surface area contributed by atoms with E-state index < -0.39 is 5.97 Å². The van der Waals surface area contributed by atoms with Gasteiger partial charge in [0.25, 0.3) is 0 Å². The Labute approximate surface area is 123 Å². The van der Waals surface area contributed by atoms with Gasteiger partial charge in [-0.3, -0.25) is 0 Å². The number of hydrogen-bond donors (Lipinski definition) is 1. The van der Waals surface area contributed by atoms with Crippen molar-refractivity contribution >= 4 is 5.97 Å². The molecular weight excluding hydrogens is 268 g/mol. The highest BCUT2D eigenvalue weighted by Crippen LogP contribution is 2.39. The van der Waals surface area contributed by atoms with Crippen molar-refractivity contribution in [2.45, 2.75) is 13.8 Å². The van der Waals surface area contributed by atoms with Crippen LogP contribution in [-0.2, 0) is 0 Å². The van der Waals surface area contributed by atoms with E-state index in [2.05, 4.69) is 0 Å². The van der Waals surface area contributed by atoms with Crippen molar-refractivity contribution in [3.8, 4) is 22.6 Å². The Morgan fingerprint density at radius 2 is 1.71 bits per heavy atom. The Bertz CT molecular complexity index is 689. The first-order valence-electron chi connectivity index (χ1n) is 6.55. The highest BCUT2D eigenvalue weighted by Gasteiger charge is 2.16. The van der Waals surface area contributed by atoms with Gasteiger partial charge in [0.1, 0.15) is 0 Å². The third kappa shape index (κ3) is 2.70. The van der Waals surface area contributed by atoms with Crippen LogP contribution in [-0.4, -0.2) is 25.3 Å². The van der Waals surface area contributed by atoms with E-state index >= 15 is 0 Å². The fourth-order valence-electron chi connectivity index (χ4n) is 2.47. The summed E-state index contributed by atoms with van der Waals surface area (Å²) in [6.45, 7) is 3.75. The molecule has 2 aromatic rings. The molecule has 0 atom stereocenters. The zero-order valence-corrected chi connectivity index (χ0v) is 12.6. The largest absolute Gasteiger partial charge is 0.493 e. The summed E-state index contributed by atoms with van der Waals surface area (Å²) in [6, 6.07) is 9.12. The molecule has 0 heterocycles. The molecule has 0 saturated carbocycles. The van der Waals surface area contributed by atoms with Gasteiger partial charge in [-0.15, -0.1) is 0 Å². The molecule has 0 aromatic heterocycles. The Balaban J connectivity index is 2.72. The van der Waals surface area contributed by atoms with E-state index in [4.69, 9.17) is 9.47 Å². The van der Waals surface area contributed by atoms with Crippen molar-refractivity contribution in [2.75, 3.05) is 14.2 Å². The molecule has 2 aromatic carbocycles. The summed E-state index contributed by atoms with van der Waals surface area (Å²) < 4.78 is 10.7. The number of para-hydroxylation sites is 1. The minimum absolute atomic E-state index is 0.292. The van der Waals surface area contributed by atoms with E-state index in [-0.39, 0.29) is 0 Å². The van der Waals surface area contributed by atoms with Crippen LogP contribution in [0.3, 0.4) is 0 Å². The minimum atomic E-state index is -0.935. The van der Waals surface area contributed by atoms with Crippen LogP contribution in [0.15, 0.2) is 30.3 Å². The van der Waals surface area contributed by atoms with Crippen LogP contribution < -0.4 is 9.47 Å². The van der Waals surface area contributed by atoms with Crippen LogP contribution in [0.5, 0.6) is 11.5 Å².